The van der Waals surface area contributed by atoms with Crippen LogP contribution in [-0.4, -0.2) is 28.0 Å². The molecule has 0 aliphatic heterocycles. The lowest BCUT2D eigenvalue weighted by atomic mass is 10.1. The molecule has 0 spiro atoms. The quantitative estimate of drug-likeness (QED) is 0.876. The highest BCUT2D eigenvalue weighted by atomic mass is 16.5. The molecule has 2 rings (SSSR count). The predicted octanol–water partition coefficient (Wildman–Crippen LogP) is 1.79. The Labute approximate surface area is 98.3 Å². The Kier molecular flexibility index (Phi) is 2.82. The van der Waals surface area contributed by atoms with Crippen molar-refractivity contribution in [1.29, 1.82) is 0 Å². The van der Waals surface area contributed by atoms with E-state index in [4.69, 9.17) is 9.84 Å². The topological polar surface area (TPSA) is 64.4 Å². The van der Waals surface area contributed by atoms with Crippen LogP contribution in [0.1, 0.15) is 10.5 Å². The zero-order valence-corrected chi connectivity index (χ0v) is 9.54. The lowest BCUT2D eigenvalue weighted by Crippen LogP contribution is -2.06. The van der Waals surface area contributed by atoms with Gasteiger partial charge in [-0.1, -0.05) is 12.1 Å². The fourth-order valence-electron chi connectivity index (χ4n) is 1.67. The molecule has 1 N–H and O–H groups in total. The first kappa shape index (κ1) is 11.2. The molecule has 5 nitrogen and oxygen atoms in total. The van der Waals surface area contributed by atoms with Crippen molar-refractivity contribution in [2.75, 3.05) is 7.11 Å². The zero-order valence-electron chi connectivity index (χ0n) is 9.54. The van der Waals surface area contributed by atoms with Crippen molar-refractivity contribution >= 4 is 5.97 Å². The maximum atomic E-state index is 11.1. The molecule has 0 amide bonds. The summed E-state index contributed by atoms with van der Waals surface area (Å²) in [4.78, 5) is 11.1. The number of aromatic nitrogens is 2. The minimum atomic E-state index is -0.990. The number of ether oxygens (including phenoxy) is 1. The summed E-state index contributed by atoms with van der Waals surface area (Å²) in [6.07, 6.45) is 1.55. The molecule has 0 radical (unpaired) electrons. The van der Waals surface area contributed by atoms with E-state index in [1.54, 1.807) is 32.5 Å². The van der Waals surface area contributed by atoms with Gasteiger partial charge in [-0.3, -0.25) is 4.68 Å². The summed E-state index contributed by atoms with van der Waals surface area (Å²) < 4.78 is 6.40. The maximum Gasteiger partial charge on any atom is 0.354 e. The van der Waals surface area contributed by atoms with Crippen molar-refractivity contribution in [2.24, 2.45) is 7.05 Å². The van der Waals surface area contributed by atoms with Gasteiger partial charge in [0.1, 0.15) is 5.75 Å². The summed E-state index contributed by atoms with van der Waals surface area (Å²) in [6, 6.07) is 7.19. The van der Waals surface area contributed by atoms with Crippen LogP contribution < -0.4 is 4.74 Å². The molecule has 1 aromatic heterocycles. The van der Waals surface area contributed by atoms with Gasteiger partial charge in [0.05, 0.1) is 13.3 Å². The Balaban J connectivity index is 2.49. The monoisotopic (exact) mass is 232 g/mol. The zero-order chi connectivity index (χ0) is 12.4. The van der Waals surface area contributed by atoms with Gasteiger partial charge in [0.2, 0.25) is 0 Å². The summed E-state index contributed by atoms with van der Waals surface area (Å²) in [5.74, 6) is -0.259. The summed E-state index contributed by atoms with van der Waals surface area (Å²) in [6.45, 7) is 0. The Morgan fingerprint density at radius 1 is 1.35 bits per heavy atom. The second-order valence-corrected chi connectivity index (χ2v) is 3.56. The van der Waals surface area contributed by atoms with Gasteiger partial charge in [0.25, 0.3) is 0 Å². The molecule has 1 heterocycles. The van der Waals surface area contributed by atoms with Crippen molar-refractivity contribution in [3.8, 4) is 16.9 Å². The van der Waals surface area contributed by atoms with Gasteiger partial charge in [0, 0.05) is 12.6 Å². The van der Waals surface area contributed by atoms with E-state index in [2.05, 4.69) is 5.10 Å². The van der Waals surface area contributed by atoms with Crippen LogP contribution in [0.15, 0.2) is 30.5 Å². The number of carbonyl (C=O) groups is 1. The van der Waals surface area contributed by atoms with Gasteiger partial charge in [-0.15, -0.1) is 0 Å². The number of benzene rings is 1. The van der Waals surface area contributed by atoms with E-state index in [0.29, 0.717) is 5.56 Å². The van der Waals surface area contributed by atoms with Gasteiger partial charge in [-0.25, -0.2) is 4.79 Å². The van der Waals surface area contributed by atoms with Gasteiger partial charge in [-0.2, -0.15) is 5.10 Å². The number of hydrogen-bond acceptors (Lipinski definition) is 3. The van der Waals surface area contributed by atoms with E-state index in [9.17, 15) is 4.79 Å². The van der Waals surface area contributed by atoms with Crippen LogP contribution in [-0.2, 0) is 7.05 Å². The normalized spacial score (nSPS) is 10.2. The molecule has 2 aromatic rings. The second kappa shape index (κ2) is 4.29. The molecule has 0 saturated heterocycles. The maximum absolute atomic E-state index is 11.1. The van der Waals surface area contributed by atoms with Crippen molar-refractivity contribution in [1.82, 2.24) is 9.78 Å². The number of carboxylic acid groups (broad SMARTS) is 1. The summed E-state index contributed by atoms with van der Waals surface area (Å²) in [5.41, 5.74) is 1.58. The standard InChI is InChI=1S/C12H12N2O3/c1-14-11(12(15)16)10(7-13-14)8-3-5-9(17-2)6-4-8/h3-7H,1-2H3,(H,15,16). The van der Waals surface area contributed by atoms with E-state index in [1.807, 2.05) is 12.1 Å². The average Bonchev–Trinajstić information content (AvgIpc) is 2.71. The van der Waals surface area contributed by atoms with Crippen molar-refractivity contribution in [3.63, 3.8) is 0 Å². The summed E-state index contributed by atoms with van der Waals surface area (Å²) >= 11 is 0. The van der Waals surface area contributed by atoms with Crippen molar-refractivity contribution < 1.29 is 14.6 Å². The summed E-state index contributed by atoms with van der Waals surface area (Å²) in [5, 5.41) is 13.1. The number of methoxy groups -OCH3 is 1. The fourth-order valence-corrected chi connectivity index (χ4v) is 1.67. The SMILES string of the molecule is COc1ccc(-c2cnn(C)c2C(=O)O)cc1. The minimum Gasteiger partial charge on any atom is -0.497 e. The Morgan fingerprint density at radius 3 is 2.53 bits per heavy atom. The highest BCUT2D eigenvalue weighted by molar-refractivity contribution is 5.94. The third-order valence-electron chi connectivity index (χ3n) is 2.54. The molecular formula is C12H12N2O3. The molecule has 0 atom stereocenters. The third kappa shape index (κ3) is 1.99. The lowest BCUT2D eigenvalue weighted by Gasteiger charge is -2.03. The Morgan fingerprint density at radius 2 is 2.00 bits per heavy atom. The average molecular weight is 232 g/mol. The number of hydrogen-bond donors (Lipinski definition) is 1. The van der Waals surface area contributed by atoms with Crippen LogP contribution in [0.25, 0.3) is 11.1 Å². The highest BCUT2D eigenvalue weighted by Gasteiger charge is 2.16. The number of nitrogens with zero attached hydrogens (tertiary/aromatic N) is 2. The number of aromatic carboxylic acids is 1. The number of rotatable bonds is 3. The molecule has 0 saturated carbocycles. The fraction of sp³-hybridized carbons (Fsp3) is 0.167. The largest absolute Gasteiger partial charge is 0.497 e. The lowest BCUT2D eigenvalue weighted by molar-refractivity contribution is 0.0686. The van der Waals surface area contributed by atoms with Gasteiger partial charge in [-0.05, 0) is 17.7 Å². The van der Waals surface area contributed by atoms with E-state index >= 15 is 0 Å². The number of carboxylic acids is 1. The van der Waals surface area contributed by atoms with Crippen LogP contribution in [0.5, 0.6) is 5.75 Å². The number of aryl methyl sites for hydroxylation is 1. The first-order valence-corrected chi connectivity index (χ1v) is 5.03. The molecule has 0 aliphatic rings. The smallest absolute Gasteiger partial charge is 0.354 e. The van der Waals surface area contributed by atoms with Gasteiger partial charge >= 0.3 is 5.97 Å². The van der Waals surface area contributed by atoms with Gasteiger partial charge < -0.3 is 9.84 Å². The van der Waals surface area contributed by atoms with Crippen LogP contribution in [0.4, 0.5) is 0 Å². The van der Waals surface area contributed by atoms with Crippen LogP contribution in [0, 0.1) is 0 Å². The molecule has 5 heteroatoms. The molecule has 0 aliphatic carbocycles. The molecule has 88 valence electrons. The van der Waals surface area contributed by atoms with Crippen molar-refractivity contribution in [2.45, 2.75) is 0 Å². The first-order chi connectivity index (χ1) is 8.13. The Bertz CT molecular complexity index is 543. The molecule has 0 bridgehead atoms. The van der Waals surface area contributed by atoms with Crippen LogP contribution in [0.2, 0.25) is 0 Å². The molecule has 17 heavy (non-hydrogen) atoms. The van der Waals surface area contributed by atoms with Crippen LogP contribution >= 0.6 is 0 Å². The molecule has 0 fully saturated rings. The van der Waals surface area contributed by atoms with Crippen molar-refractivity contribution in [3.05, 3.63) is 36.2 Å². The first-order valence-electron chi connectivity index (χ1n) is 5.03. The van der Waals surface area contributed by atoms with E-state index in [0.717, 1.165) is 11.3 Å². The molecule has 1 aromatic carbocycles. The highest BCUT2D eigenvalue weighted by Crippen LogP contribution is 2.25. The van der Waals surface area contributed by atoms with Gasteiger partial charge in [0.15, 0.2) is 5.69 Å². The second-order valence-electron chi connectivity index (χ2n) is 3.56. The Hall–Kier alpha value is -2.30. The predicted molar refractivity (Wildman–Crippen MR) is 62.2 cm³/mol. The molecule has 0 unspecified atom stereocenters. The van der Waals surface area contributed by atoms with Crippen LogP contribution in [0.3, 0.4) is 0 Å². The van der Waals surface area contributed by atoms with E-state index in [-0.39, 0.29) is 5.69 Å². The third-order valence-corrected chi connectivity index (χ3v) is 2.54. The van der Waals surface area contributed by atoms with E-state index in [1.165, 1.54) is 4.68 Å². The molecular weight excluding hydrogens is 220 g/mol. The minimum absolute atomic E-state index is 0.176. The van der Waals surface area contributed by atoms with E-state index < -0.39 is 5.97 Å². The summed E-state index contributed by atoms with van der Waals surface area (Å²) in [7, 11) is 3.19.